The van der Waals surface area contributed by atoms with E-state index in [9.17, 15) is 4.79 Å². The molecule has 156 valence electrons. The van der Waals surface area contributed by atoms with Gasteiger partial charge in [0, 0.05) is 50.9 Å². The van der Waals surface area contributed by atoms with Gasteiger partial charge in [-0.3, -0.25) is 9.69 Å². The molecular weight excluding hydrogens is 406 g/mol. The van der Waals surface area contributed by atoms with Crippen molar-refractivity contribution in [1.29, 1.82) is 0 Å². The Morgan fingerprint density at radius 3 is 2.43 bits per heavy atom. The summed E-state index contributed by atoms with van der Waals surface area (Å²) in [5.41, 5.74) is 1.21. The number of nitrogens with zero attached hydrogens (tertiary/aromatic N) is 7. The standard InChI is InChI=1S/C20H22ClN7O2/c1-26(2)17-8-7-16(23-24-17)20(29)28-11-9-27(10-12-28)13-18-22-19(25-30-18)14-3-5-15(21)6-4-14/h3-8H,9-13H2,1-2H3. The number of amides is 1. The molecular formula is C20H22ClN7O2. The Bertz CT molecular complexity index is 997. The molecule has 1 aliphatic rings. The highest BCUT2D eigenvalue weighted by molar-refractivity contribution is 6.30. The highest BCUT2D eigenvalue weighted by Gasteiger charge is 2.24. The Balaban J connectivity index is 1.31. The van der Waals surface area contributed by atoms with Gasteiger partial charge in [-0.1, -0.05) is 16.8 Å². The molecule has 0 saturated carbocycles. The topological polar surface area (TPSA) is 91.5 Å². The first-order chi connectivity index (χ1) is 14.5. The number of piperazine rings is 1. The van der Waals surface area contributed by atoms with Gasteiger partial charge in [0.1, 0.15) is 0 Å². The molecule has 2 aromatic heterocycles. The summed E-state index contributed by atoms with van der Waals surface area (Å²) in [6.45, 7) is 3.18. The minimum absolute atomic E-state index is 0.102. The number of hydrogen-bond acceptors (Lipinski definition) is 8. The van der Waals surface area contributed by atoms with Crippen molar-refractivity contribution in [2.75, 3.05) is 45.2 Å². The minimum Gasteiger partial charge on any atom is -0.361 e. The van der Waals surface area contributed by atoms with Crippen molar-refractivity contribution >= 4 is 23.3 Å². The van der Waals surface area contributed by atoms with Crippen molar-refractivity contribution < 1.29 is 9.32 Å². The zero-order valence-electron chi connectivity index (χ0n) is 16.8. The average molecular weight is 428 g/mol. The Labute approximate surface area is 179 Å². The van der Waals surface area contributed by atoms with Crippen LogP contribution < -0.4 is 4.90 Å². The molecule has 1 saturated heterocycles. The molecule has 0 aliphatic carbocycles. The van der Waals surface area contributed by atoms with Crippen LogP contribution in [0.3, 0.4) is 0 Å². The van der Waals surface area contributed by atoms with E-state index in [4.69, 9.17) is 16.1 Å². The summed E-state index contributed by atoms with van der Waals surface area (Å²) in [5, 5.41) is 12.8. The van der Waals surface area contributed by atoms with Crippen molar-refractivity contribution in [2.24, 2.45) is 0 Å². The van der Waals surface area contributed by atoms with Gasteiger partial charge in [-0.15, -0.1) is 10.2 Å². The molecule has 4 rings (SSSR count). The zero-order valence-corrected chi connectivity index (χ0v) is 17.6. The van der Waals surface area contributed by atoms with Crippen LogP contribution in [0.2, 0.25) is 5.02 Å². The maximum atomic E-state index is 12.7. The fourth-order valence-electron chi connectivity index (χ4n) is 3.18. The van der Waals surface area contributed by atoms with Gasteiger partial charge in [-0.05, 0) is 36.4 Å². The number of halogens is 1. The lowest BCUT2D eigenvalue weighted by molar-refractivity contribution is 0.0608. The summed E-state index contributed by atoms with van der Waals surface area (Å²) in [7, 11) is 3.76. The van der Waals surface area contributed by atoms with E-state index < -0.39 is 0 Å². The zero-order chi connectivity index (χ0) is 21.1. The van der Waals surface area contributed by atoms with E-state index in [1.807, 2.05) is 31.1 Å². The second-order valence-electron chi connectivity index (χ2n) is 7.26. The molecule has 0 atom stereocenters. The van der Waals surface area contributed by atoms with Crippen molar-refractivity contribution in [3.8, 4) is 11.4 Å². The number of hydrogen-bond donors (Lipinski definition) is 0. The lowest BCUT2D eigenvalue weighted by Gasteiger charge is -2.33. The summed E-state index contributed by atoms with van der Waals surface area (Å²) in [6.07, 6.45) is 0. The van der Waals surface area contributed by atoms with Crippen molar-refractivity contribution in [3.63, 3.8) is 0 Å². The van der Waals surface area contributed by atoms with E-state index in [-0.39, 0.29) is 5.91 Å². The second-order valence-corrected chi connectivity index (χ2v) is 7.69. The third-order valence-corrected chi connectivity index (χ3v) is 5.17. The molecule has 1 aromatic carbocycles. The van der Waals surface area contributed by atoms with Crippen LogP contribution in [-0.2, 0) is 6.54 Å². The predicted molar refractivity (Wildman–Crippen MR) is 112 cm³/mol. The van der Waals surface area contributed by atoms with Crippen LogP contribution in [0, 0.1) is 0 Å². The molecule has 0 N–H and O–H groups in total. The lowest BCUT2D eigenvalue weighted by atomic mass is 10.2. The van der Waals surface area contributed by atoms with Crippen LogP contribution in [0.25, 0.3) is 11.4 Å². The molecule has 9 nitrogen and oxygen atoms in total. The van der Waals surface area contributed by atoms with E-state index in [1.165, 1.54) is 0 Å². The quantitative estimate of drug-likeness (QED) is 0.612. The number of anilines is 1. The minimum atomic E-state index is -0.102. The molecule has 3 heterocycles. The van der Waals surface area contributed by atoms with Gasteiger partial charge in [-0.25, -0.2) is 0 Å². The van der Waals surface area contributed by atoms with E-state index in [0.717, 1.165) is 5.56 Å². The fourth-order valence-corrected chi connectivity index (χ4v) is 3.30. The van der Waals surface area contributed by atoms with E-state index in [2.05, 4.69) is 25.2 Å². The number of benzene rings is 1. The SMILES string of the molecule is CN(C)c1ccc(C(=O)N2CCN(Cc3nc(-c4ccc(Cl)cc4)no3)CC2)nn1. The van der Waals surface area contributed by atoms with Crippen molar-refractivity contribution in [3.05, 3.63) is 53.0 Å². The average Bonchev–Trinajstić information content (AvgIpc) is 3.23. The van der Waals surface area contributed by atoms with Crippen LogP contribution in [0.1, 0.15) is 16.4 Å². The smallest absolute Gasteiger partial charge is 0.274 e. The summed E-state index contributed by atoms with van der Waals surface area (Å²) >= 11 is 5.92. The van der Waals surface area contributed by atoms with E-state index >= 15 is 0 Å². The normalized spacial score (nSPS) is 14.7. The first-order valence-corrected chi connectivity index (χ1v) is 9.98. The van der Waals surface area contributed by atoms with E-state index in [0.29, 0.717) is 61.0 Å². The molecule has 1 fully saturated rings. The number of carbonyl (C=O) groups excluding carboxylic acids is 1. The van der Waals surface area contributed by atoms with Gasteiger partial charge in [0.05, 0.1) is 6.54 Å². The van der Waals surface area contributed by atoms with Gasteiger partial charge in [-0.2, -0.15) is 4.98 Å². The monoisotopic (exact) mass is 427 g/mol. The summed E-state index contributed by atoms with van der Waals surface area (Å²) < 4.78 is 5.39. The first-order valence-electron chi connectivity index (χ1n) is 9.61. The van der Waals surface area contributed by atoms with E-state index in [1.54, 1.807) is 29.2 Å². The maximum absolute atomic E-state index is 12.7. The maximum Gasteiger partial charge on any atom is 0.274 e. The molecule has 0 unspecified atom stereocenters. The Kier molecular flexibility index (Phi) is 5.91. The van der Waals surface area contributed by atoms with Crippen LogP contribution >= 0.6 is 11.6 Å². The predicted octanol–water partition coefficient (Wildman–Crippen LogP) is 2.20. The Morgan fingerprint density at radius 1 is 1.07 bits per heavy atom. The number of rotatable bonds is 5. The number of carbonyl (C=O) groups is 1. The highest BCUT2D eigenvalue weighted by atomic mass is 35.5. The third kappa shape index (κ3) is 4.58. The van der Waals surface area contributed by atoms with Gasteiger partial charge < -0.3 is 14.3 Å². The largest absolute Gasteiger partial charge is 0.361 e. The second kappa shape index (κ2) is 8.76. The van der Waals surface area contributed by atoms with Gasteiger partial charge in [0.15, 0.2) is 11.5 Å². The highest BCUT2D eigenvalue weighted by Crippen LogP contribution is 2.19. The van der Waals surface area contributed by atoms with Crippen molar-refractivity contribution in [2.45, 2.75) is 6.54 Å². The molecule has 1 amide bonds. The molecule has 0 bridgehead atoms. The first kappa shape index (κ1) is 20.2. The fraction of sp³-hybridized carbons (Fsp3) is 0.350. The van der Waals surface area contributed by atoms with Crippen LogP contribution in [0.15, 0.2) is 40.9 Å². The number of aromatic nitrogens is 4. The molecule has 3 aromatic rings. The third-order valence-electron chi connectivity index (χ3n) is 4.92. The van der Waals surface area contributed by atoms with Crippen molar-refractivity contribution in [1.82, 2.24) is 30.1 Å². The van der Waals surface area contributed by atoms with Gasteiger partial charge >= 0.3 is 0 Å². The van der Waals surface area contributed by atoms with Gasteiger partial charge in [0.25, 0.3) is 5.91 Å². The molecule has 30 heavy (non-hydrogen) atoms. The van der Waals surface area contributed by atoms with Crippen LogP contribution in [0.4, 0.5) is 5.82 Å². The summed E-state index contributed by atoms with van der Waals surface area (Å²) in [6, 6.07) is 10.8. The van der Waals surface area contributed by atoms with Gasteiger partial charge in [0.2, 0.25) is 11.7 Å². The molecule has 1 aliphatic heterocycles. The molecule has 0 spiro atoms. The van der Waals surface area contributed by atoms with Crippen LogP contribution in [0.5, 0.6) is 0 Å². The Hall–Kier alpha value is -3.04. The summed E-state index contributed by atoms with van der Waals surface area (Å²) in [5.74, 6) is 1.70. The summed E-state index contributed by atoms with van der Waals surface area (Å²) in [4.78, 5) is 23.0. The lowest BCUT2D eigenvalue weighted by Crippen LogP contribution is -2.48. The van der Waals surface area contributed by atoms with Crippen LogP contribution in [-0.4, -0.2) is 76.3 Å². The molecule has 0 radical (unpaired) electrons. The molecule has 10 heteroatoms. The Morgan fingerprint density at radius 2 is 1.80 bits per heavy atom.